The largest absolute Gasteiger partial charge is 0.298 e. The van der Waals surface area contributed by atoms with Crippen molar-refractivity contribution in [3.8, 4) is 0 Å². The van der Waals surface area contributed by atoms with E-state index in [1.807, 2.05) is 6.92 Å². The smallest absolute Gasteiger partial charge is 0.266 e. The molecule has 0 radical (unpaired) electrons. The number of carbonyl (C=O) groups is 1. The van der Waals surface area contributed by atoms with E-state index in [0.717, 1.165) is 17.4 Å². The zero-order chi connectivity index (χ0) is 16.0. The normalized spacial score (nSPS) is 13.2. The molecule has 1 aromatic carbocycles. The molecule has 1 aromatic rings. The minimum absolute atomic E-state index is 0.0680. The van der Waals surface area contributed by atoms with Gasteiger partial charge in [0, 0.05) is 11.6 Å². The molecule has 0 spiro atoms. The fourth-order valence-corrected chi connectivity index (χ4v) is 2.26. The Bertz CT molecular complexity index is 657. The molecule has 5 heteroatoms. The van der Waals surface area contributed by atoms with Gasteiger partial charge in [0.15, 0.2) is 0 Å². The standard InChI is InChI=1S/C16H16ClNO3/c1-4-13(18(20)21)9-16(17)14(5-2)15-7-6-12(10-19)8-11(15)3/h4-10H,1-3H3/b13-4+,14-5-,16-9+. The molecule has 0 aliphatic carbocycles. The van der Waals surface area contributed by atoms with Crippen LogP contribution in [0.1, 0.15) is 35.3 Å². The van der Waals surface area contributed by atoms with Gasteiger partial charge in [-0.05, 0) is 49.6 Å². The number of aryl methyl sites for hydroxylation is 1. The highest BCUT2D eigenvalue weighted by molar-refractivity contribution is 6.37. The van der Waals surface area contributed by atoms with E-state index < -0.39 is 4.92 Å². The van der Waals surface area contributed by atoms with Crippen LogP contribution in [-0.4, -0.2) is 11.2 Å². The summed E-state index contributed by atoms with van der Waals surface area (Å²) < 4.78 is 0. The number of hydrogen-bond donors (Lipinski definition) is 0. The van der Waals surface area contributed by atoms with Gasteiger partial charge in [-0.3, -0.25) is 14.9 Å². The third-order valence-electron chi connectivity index (χ3n) is 3.00. The van der Waals surface area contributed by atoms with Gasteiger partial charge in [0.2, 0.25) is 0 Å². The van der Waals surface area contributed by atoms with Crippen molar-refractivity contribution < 1.29 is 9.72 Å². The topological polar surface area (TPSA) is 60.2 Å². The van der Waals surface area contributed by atoms with Crippen molar-refractivity contribution in [3.05, 3.63) is 74.0 Å². The molecule has 0 heterocycles. The lowest BCUT2D eigenvalue weighted by molar-refractivity contribution is -0.419. The number of hydrogen-bond acceptors (Lipinski definition) is 3. The molecule has 0 bridgehead atoms. The molecule has 0 atom stereocenters. The first-order chi connectivity index (χ1) is 9.94. The van der Waals surface area contributed by atoms with Gasteiger partial charge in [0.05, 0.1) is 9.96 Å². The molecular weight excluding hydrogens is 290 g/mol. The van der Waals surface area contributed by atoms with Gasteiger partial charge >= 0.3 is 0 Å². The lowest BCUT2D eigenvalue weighted by atomic mass is 9.97. The fraction of sp³-hybridized carbons (Fsp3) is 0.188. The molecule has 0 amide bonds. The second-order valence-corrected chi connectivity index (χ2v) is 4.76. The zero-order valence-corrected chi connectivity index (χ0v) is 12.8. The molecule has 4 nitrogen and oxygen atoms in total. The predicted octanol–water partition coefficient (Wildman–Crippen LogP) is 4.51. The lowest BCUT2D eigenvalue weighted by Gasteiger charge is -2.10. The van der Waals surface area contributed by atoms with Gasteiger partial charge in [-0.25, -0.2) is 0 Å². The molecule has 0 saturated carbocycles. The van der Waals surface area contributed by atoms with E-state index in [0.29, 0.717) is 11.1 Å². The van der Waals surface area contributed by atoms with Crippen LogP contribution in [0, 0.1) is 17.0 Å². The summed E-state index contributed by atoms with van der Waals surface area (Å²) in [4.78, 5) is 21.1. The summed E-state index contributed by atoms with van der Waals surface area (Å²) in [6.07, 6.45) is 5.27. The second-order valence-electron chi connectivity index (χ2n) is 4.36. The van der Waals surface area contributed by atoms with Crippen molar-refractivity contribution in [1.29, 1.82) is 0 Å². The second kappa shape index (κ2) is 7.55. The van der Waals surface area contributed by atoms with Crippen LogP contribution in [0.4, 0.5) is 0 Å². The summed E-state index contributed by atoms with van der Waals surface area (Å²) >= 11 is 6.22. The van der Waals surface area contributed by atoms with E-state index in [1.165, 1.54) is 12.2 Å². The summed E-state index contributed by atoms with van der Waals surface area (Å²) in [5.41, 5.74) is 2.91. The van der Waals surface area contributed by atoms with Crippen molar-refractivity contribution in [3.63, 3.8) is 0 Å². The van der Waals surface area contributed by atoms with Crippen molar-refractivity contribution in [1.82, 2.24) is 0 Å². The first-order valence-electron chi connectivity index (χ1n) is 6.35. The lowest BCUT2D eigenvalue weighted by Crippen LogP contribution is -1.97. The van der Waals surface area contributed by atoms with Gasteiger partial charge in [-0.1, -0.05) is 29.8 Å². The Labute approximate surface area is 128 Å². The van der Waals surface area contributed by atoms with Crippen molar-refractivity contribution in [2.45, 2.75) is 20.8 Å². The van der Waals surface area contributed by atoms with Gasteiger partial charge in [0.25, 0.3) is 5.70 Å². The summed E-state index contributed by atoms with van der Waals surface area (Å²) in [5.74, 6) is 0. The van der Waals surface area contributed by atoms with Crippen LogP contribution < -0.4 is 0 Å². The Balaban J connectivity index is 3.29. The SMILES string of the molecule is C\C=C(/C(Cl)=C\C(=C/C)[N+](=O)[O-])c1ccc(C=O)cc1C. The molecule has 0 aliphatic rings. The van der Waals surface area contributed by atoms with Crippen LogP contribution in [0.2, 0.25) is 0 Å². The van der Waals surface area contributed by atoms with Gasteiger partial charge in [-0.2, -0.15) is 0 Å². The maximum atomic E-state index is 10.8. The number of benzene rings is 1. The van der Waals surface area contributed by atoms with E-state index in [1.54, 1.807) is 38.1 Å². The molecule has 0 saturated heterocycles. The summed E-state index contributed by atoms with van der Waals surface area (Å²) in [7, 11) is 0. The average molecular weight is 306 g/mol. The molecule has 0 fully saturated rings. The number of nitrogens with zero attached hydrogens (tertiary/aromatic N) is 1. The van der Waals surface area contributed by atoms with Gasteiger partial charge < -0.3 is 0 Å². The Morgan fingerprint density at radius 3 is 2.38 bits per heavy atom. The van der Waals surface area contributed by atoms with Crippen LogP contribution in [0.25, 0.3) is 5.57 Å². The van der Waals surface area contributed by atoms with Crippen molar-refractivity contribution in [2.75, 3.05) is 0 Å². The van der Waals surface area contributed by atoms with Crippen molar-refractivity contribution in [2.24, 2.45) is 0 Å². The van der Waals surface area contributed by atoms with Crippen molar-refractivity contribution >= 4 is 23.5 Å². The Morgan fingerprint density at radius 1 is 1.29 bits per heavy atom. The first-order valence-corrected chi connectivity index (χ1v) is 6.73. The molecule has 0 N–H and O–H groups in total. The zero-order valence-electron chi connectivity index (χ0n) is 12.1. The number of aldehydes is 1. The molecular formula is C16H16ClNO3. The predicted molar refractivity (Wildman–Crippen MR) is 84.9 cm³/mol. The molecule has 1 rings (SSSR count). The highest BCUT2D eigenvalue weighted by atomic mass is 35.5. The maximum absolute atomic E-state index is 10.8. The minimum atomic E-state index is -0.488. The Hall–Kier alpha value is -2.20. The first kappa shape index (κ1) is 16.9. The third kappa shape index (κ3) is 4.13. The van der Waals surface area contributed by atoms with Crippen LogP contribution in [0.3, 0.4) is 0 Å². The number of allylic oxidation sites excluding steroid dienone is 5. The number of carbonyl (C=O) groups excluding carboxylic acids is 1. The molecule has 110 valence electrons. The summed E-state index contributed by atoms with van der Waals surface area (Å²) in [6, 6.07) is 5.22. The number of nitro groups is 1. The van der Waals surface area contributed by atoms with Gasteiger partial charge in [0.1, 0.15) is 6.29 Å². The maximum Gasteiger partial charge on any atom is 0.266 e. The number of rotatable bonds is 5. The Morgan fingerprint density at radius 2 is 1.95 bits per heavy atom. The van der Waals surface area contributed by atoms with Gasteiger partial charge in [-0.15, -0.1) is 0 Å². The van der Waals surface area contributed by atoms with E-state index in [-0.39, 0.29) is 10.7 Å². The number of halogens is 1. The average Bonchev–Trinajstić information content (AvgIpc) is 2.46. The van der Waals surface area contributed by atoms with E-state index in [2.05, 4.69) is 0 Å². The quantitative estimate of drug-likeness (QED) is 0.348. The monoisotopic (exact) mass is 305 g/mol. The van der Waals surface area contributed by atoms with Crippen LogP contribution >= 0.6 is 11.6 Å². The highest BCUT2D eigenvalue weighted by Gasteiger charge is 2.12. The summed E-state index contributed by atoms with van der Waals surface area (Å²) in [6.45, 7) is 5.25. The van der Waals surface area contributed by atoms with E-state index in [4.69, 9.17) is 11.6 Å². The summed E-state index contributed by atoms with van der Waals surface area (Å²) in [5, 5.41) is 11.1. The molecule has 0 aliphatic heterocycles. The van der Waals surface area contributed by atoms with Crippen LogP contribution in [-0.2, 0) is 0 Å². The minimum Gasteiger partial charge on any atom is -0.298 e. The molecule has 21 heavy (non-hydrogen) atoms. The molecule has 0 unspecified atom stereocenters. The van der Waals surface area contributed by atoms with Crippen LogP contribution in [0.5, 0.6) is 0 Å². The molecule has 0 aromatic heterocycles. The fourth-order valence-electron chi connectivity index (χ4n) is 1.93. The van der Waals surface area contributed by atoms with Crippen LogP contribution in [0.15, 0.2) is 47.2 Å². The highest BCUT2D eigenvalue weighted by Crippen LogP contribution is 2.29. The van der Waals surface area contributed by atoms with E-state index in [9.17, 15) is 14.9 Å². The third-order valence-corrected chi connectivity index (χ3v) is 3.32. The Kier molecular flexibility index (Phi) is 6.06. The van der Waals surface area contributed by atoms with E-state index >= 15 is 0 Å².